The van der Waals surface area contributed by atoms with E-state index in [1.54, 1.807) is 6.26 Å². The van der Waals surface area contributed by atoms with E-state index in [1.165, 1.54) is 11.1 Å². The van der Waals surface area contributed by atoms with Gasteiger partial charge in [0.25, 0.3) is 0 Å². The van der Waals surface area contributed by atoms with E-state index in [2.05, 4.69) is 104 Å². The standard InChI is InChI=1S/C38H31NO2/c1-27-7-14-36(15-8-27)39(37-16-9-28(2)10-17-37)38-18-13-32-21-29(11-12-33(32)24-38)19-20-41-26-35-23-31-6-4-3-5-30(31)22-34(35)25-40/h3-25H,26H2,1-2H3. The Morgan fingerprint density at radius 2 is 1.17 bits per heavy atom. The van der Waals surface area contributed by atoms with Crippen LogP contribution in [0, 0.1) is 13.8 Å². The molecule has 0 amide bonds. The van der Waals surface area contributed by atoms with Crippen LogP contribution in [-0.4, -0.2) is 6.29 Å². The van der Waals surface area contributed by atoms with Crippen LogP contribution in [0.3, 0.4) is 0 Å². The molecule has 3 nitrogen and oxygen atoms in total. The molecule has 0 aliphatic carbocycles. The average molecular weight is 534 g/mol. The summed E-state index contributed by atoms with van der Waals surface area (Å²) >= 11 is 0. The first kappa shape index (κ1) is 26.1. The summed E-state index contributed by atoms with van der Waals surface area (Å²) in [5, 5.41) is 4.46. The Morgan fingerprint density at radius 3 is 1.83 bits per heavy atom. The van der Waals surface area contributed by atoms with Gasteiger partial charge < -0.3 is 9.64 Å². The molecule has 0 fully saturated rings. The maximum atomic E-state index is 11.6. The van der Waals surface area contributed by atoms with Gasteiger partial charge in [0, 0.05) is 28.2 Å². The molecule has 0 saturated carbocycles. The summed E-state index contributed by atoms with van der Waals surface area (Å²) in [4.78, 5) is 13.9. The molecule has 0 spiro atoms. The van der Waals surface area contributed by atoms with E-state index in [1.807, 2.05) is 42.5 Å². The fourth-order valence-electron chi connectivity index (χ4n) is 5.13. The minimum atomic E-state index is 0.334. The normalized spacial score (nSPS) is 11.3. The first-order valence-corrected chi connectivity index (χ1v) is 13.8. The Labute approximate surface area is 241 Å². The molecule has 0 aliphatic heterocycles. The number of hydrogen-bond donors (Lipinski definition) is 0. The van der Waals surface area contributed by atoms with Crippen molar-refractivity contribution in [2.75, 3.05) is 4.90 Å². The number of rotatable bonds is 8. The number of hydrogen-bond acceptors (Lipinski definition) is 3. The molecular weight excluding hydrogens is 502 g/mol. The van der Waals surface area contributed by atoms with Crippen LogP contribution in [0.1, 0.15) is 32.6 Å². The lowest BCUT2D eigenvalue weighted by Crippen LogP contribution is -2.09. The minimum Gasteiger partial charge on any atom is -0.496 e. The van der Waals surface area contributed by atoms with Gasteiger partial charge in [-0.25, -0.2) is 0 Å². The van der Waals surface area contributed by atoms with Crippen LogP contribution in [0.5, 0.6) is 0 Å². The number of benzene rings is 6. The molecule has 41 heavy (non-hydrogen) atoms. The largest absolute Gasteiger partial charge is 0.496 e. The van der Waals surface area contributed by atoms with E-state index in [-0.39, 0.29) is 0 Å². The van der Waals surface area contributed by atoms with Crippen molar-refractivity contribution in [3.63, 3.8) is 0 Å². The third-order valence-corrected chi connectivity index (χ3v) is 7.42. The number of anilines is 3. The number of aldehydes is 1. The highest BCUT2D eigenvalue weighted by atomic mass is 16.5. The Bertz CT molecular complexity index is 1820. The molecule has 0 atom stereocenters. The fourth-order valence-corrected chi connectivity index (χ4v) is 5.13. The predicted molar refractivity (Wildman–Crippen MR) is 171 cm³/mol. The topological polar surface area (TPSA) is 29.5 Å². The first-order valence-electron chi connectivity index (χ1n) is 13.8. The van der Waals surface area contributed by atoms with Gasteiger partial charge in [0.2, 0.25) is 0 Å². The maximum Gasteiger partial charge on any atom is 0.150 e. The Balaban J connectivity index is 1.23. The third-order valence-electron chi connectivity index (χ3n) is 7.42. The van der Waals surface area contributed by atoms with Crippen molar-refractivity contribution >= 4 is 51.0 Å². The van der Waals surface area contributed by atoms with Gasteiger partial charge in [-0.15, -0.1) is 0 Å². The molecule has 0 heterocycles. The summed E-state index contributed by atoms with van der Waals surface area (Å²) in [6, 6.07) is 42.2. The fraction of sp³-hybridized carbons (Fsp3) is 0.0789. The molecule has 3 heteroatoms. The number of ether oxygens (including phenoxy) is 1. The van der Waals surface area contributed by atoms with E-state index in [9.17, 15) is 4.79 Å². The Morgan fingerprint density at radius 1 is 0.610 bits per heavy atom. The van der Waals surface area contributed by atoms with Crippen LogP contribution < -0.4 is 4.90 Å². The lowest BCUT2D eigenvalue weighted by atomic mass is 10.0. The Kier molecular flexibility index (Phi) is 7.34. The number of carbonyl (C=O) groups is 1. The SMILES string of the molecule is Cc1ccc(N(c2ccc(C)cc2)c2ccc3cc(C=COCc4cc5ccccc5cc4C=O)ccc3c2)cc1. The van der Waals surface area contributed by atoms with Gasteiger partial charge >= 0.3 is 0 Å². The predicted octanol–water partition coefficient (Wildman–Crippen LogP) is 10.1. The van der Waals surface area contributed by atoms with Crippen molar-refractivity contribution in [2.24, 2.45) is 0 Å². The highest BCUT2D eigenvalue weighted by Gasteiger charge is 2.13. The molecular formula is C38H31NO2. The van der Waals surface area contributed by atoms with Gasteiger partial charge in [0.1, 0.15) is 12.9 Å². The monoisotopic (exact) mass is 533 g/mol. The smallest absolute Gasteiger partial charge is 0.150 e. The first-order chi connectivity index (χ1) is 20.1. The highest BCUT2D eigenvalue weighted by molar-refractivity contribution is 5.91. The molecule has 0 aromatic heterocycles. The summed E-state index contributed by atoms with van der Waals surface area (Å²) in [5.41, 5.74) is 8.42. The van der Waals surface area contributed by atoms with Crippen LogP contribution >= 0.6 is 0 Å². The Hall–Kier alpha value is -5.15. The number of nitrogens with zero attached hydrogens (tertiary/aromatic N) is 1. The molecule has 6 rings (SSSR count). The third kappa shape index (κ3) is 5.75. The van der Waals surface area contributed by atoms with Crippen LogP contribution in [0.2, 0.25) is 0 Å². The lowest BCUT2D eigenvalue weighted by molar-refractivity contribution is 0.112. The average Bonchev–Trinajstić information content (AvgIpc) is 3.01. The zero-order valence-corrected chi connectivity index (χ0v) is 23.2. The number of aryl methyl sites for hydroxylation is 2. The summed E-state index contributed by atoms with van der Waals surface area (Å²) < 4.78 is 5.85. The van der Waals surface area contributed by atoms with Crippen molar-refractivity contribution in [1.29, 1.82) is 0 Å². The molecule has 200 valence electrons. The summed E-state index contributed by atoms with van der Waals surface area (Å²) in [5.74, 6) is 0. The van der Waals surface area contributed by atoms with Crippen molar-refractivity contribution in [3.05, 3.63) is 155 Å². The minimum absolute atomic E-state index is 0.334. The highest BCUT2D eigenvalue weighted by Crippen LogP contribution is 2.36. The summed E-state index contributed by atoms with van der Waals surface area (Å²) in [6.07, 6.45) is 4.56. The van der Waals surface area contributed by atoms with E-state index >= 15 is 0 Å². The lowest BCUT2D eigenvalue weighted by Gasteiger charge is -2.26. The van der Waals surface area contributed by atoms with Crippen molar-refractivity contribution < 1.29 is 9.53 Å². The van der Waals surface area contributed by atoms with E-state index < -0.39 is 0 Å². The molecule has 0 aliphatic rings. The van der Waals surface area contributed by atoms with Crippen molar-refractivity contribution in [1.82, 2.24) is 0 Å². The van der Waals surface area contributed by atoms with Crippen molar-refractivity contribution in [2.45, 2.75) is 20.5 Å². The summed E-state index contributed by atoms with van der Waals surface area (Å²) in [7, 11) is 0. The van der Waals surface area contributed by atoms with Gasteiger partial charge in [-0.1, -0.05) is 77.9 Å². The molecule has 0 saturated heterocycles. The van der Waals surface area contributed by atoms with Crippen LogP contribution in [0.25, 0.3) is 27.6 Å². The zero-order valence-electron chi connectivity index (χ0n) is 23.2. The number of carbonyl (C=O) groups excluding carboxylic acids is 1. The molecule has 6 aromatic carbocycles. The second-order valence-electron chi connectivity index (χ2n) is 10.4. The van der Waals surface area contributed by atoms with E-state index in [0.717, 1.165) is 56.0 Å². The molecule has 0 bridgehead atoms. The quantitative estimate of drug-likeness (QED) is 0.144. The second-order valence-corrected chi connectivity index (χ2v) is 10.4. The molecule has 0 radical (unpaired) electrons. The van der Waals surface area contributed by atoms with Crippen molar-refractivity contribution in [3.8, 4) is 0 Å². The summed E-state index contributed by atoms with van der Waals surface area (Å²) in [6.45, 7) is 4.55. The van der Waals surface area contributed by atoms with Crippen LogP contribution in [-0.2, 0) is 11.3 Å². The molecule has 6 aromatic rings. The zero-order chi connectivity index (χ0) is 28.2. The van der Waals surface area contributed by atoms with Gasteiger partial charge in [-0.05, 0) is 102 Å². The van der Waals surface area contributed by atoms with Gasteiger partial charge in [0.15, 0.2) is 0 Å². The van der Waals surface area contributed by atoms with Gasteiger partial charge in [0.05, 0.1) is 6.26 Å². The second kappa shape index (κ2) is 11.5. The molecule has 0 unspecified atom stereocenters. The van der Waals surface area contributed by atoms with Gasteiger partial charge in [-0.2, -0.15) is 0 Å². The van der Waals surface area contributed by atoms with Gasteiger partial charge in [-0.3, -0.25) is 4.79 Å². The van der Waals surface area contributed by atoms with Crippen LogP contribution in [0.15, 0.2) is 128 Å². The number of fused-ring (bicyclic) bond motifs is 2. The molecule has 0 N–H and O–H groups in total. The maximum absolute atomic E-state index is 11.6. The van der Waals surface area contributed by atoms with E-state index in [0.29, 0.717) is 12.2 Å². The van der Waals surface area contributed by atoms with Crippen LogP contribution in [0.4, 0.5) is 17.1 Å². The van der Waals surface area contributed by atoms with E-state index in [4.69, 9.17) is 4.74 Å².